The Morgan fingerprint density at radius 1 is 1.06 bits per heavy atom. The molecule has 0 spiro atoms. The molecule has 1 saturated heterocycles. The van der Waals surface area contributed by atoms with E-state index in [-0.39, 0.29) is 12.5 Å². The molecule has 0 radical (unpaired) electrons. The second kappa shape index (κ2) is 9.82. The molecule has 0 aliphatic carbocycles. The molecule has 3 heterocycles. The van der Waals surface area contributed by atoms with Crippen molar-refractivity contribution < 1.29 is 14.3 Å². The molecular formula is C24H22ClN5O3S. The van der Waals surface area contributed by atoms with Gasteiger partial charge in [-0.05, 0) is 36.4 Å². The zero-order valence-electron chi connectivity index (χ0n) is 18.5. The molecule has 10 heteroatoms. The van der Waals surface area contributed by atoms with E-state index in [0.29, 0.717) is 37.0 Å². The zero-order chi connectivity index (χ0) is 23.5. The van der Waals surface area contributed by atoms with Crippen LogP contribution in [0.4, 0.5) is 5.82 Å². The zero-order valence-corrected chi connectivity index (χ0v) is 20.1. The molecule has 0 bridgehead atoms. The van der Waals surface area contributed by atoms with Gasteiger partial charge in [-0.1, -0.05) is 35.1 Å². The van der Waals surface area contributed by atoms with Gasteiger partial charge in [0.25, 0.3) is 5.91 Å². The highest BCUT2D eigenvalue weighted by Gasteiger charge is 2.25. The Morgan fingerprint density at radius 3 is 2.62 bits per heavy atom. The maximum absolute atomic E-state index is 12.6. The number of nitrogens with zero attached hydrogens (tertiary/aromatic N) is 5. The highest BCUT2D eigenvalue weighted by atomic mass is 35.5. The molecule has 0 unspecified atom stereocenters. The molecule has 0 atom stereocenters. The fourth-order valence-corrected chi connectivity index (χ4v) is 4.81. The first-order chi connectivity index (χ1) is 16.6. The number of benzene rings is 2. The quantitative estimate of drug-likeness (QED) is 0.397. The Labute approximate surface area is 205 Å². The predicted molar refractivity (Wildman–Crippen MR) is 133 cm³/mol. The lowest BCUT2D eigenvalue weighted by molar-refractivity contribution is -0.133. The molecule has 2 aromatic carbocycles. The fraction of sp³-hybridized carbons (Fsp3) is 0.250. The number of anilines is 1. The molecule has 174 valence electrons. The van der Waals surface area contributed by atoms with Crippen LogP contribution < -0.4 is 14.4 Å². The van der Waals surface area contributed by atoms with Crippen LogP contribution in [0.15, 0.2) is 54.9 Å². The fourth-order valence-electron chi connectivity index (χ4n) is 3.79. The summed E-state index contributed by atoms with van der Waals surface area (Å²) in [6.45, 7) is 2.48. The van der Waals surface area contributed by atoms with Gasteiger partial charge < -0.3 is 19.3 Å². The van der Waals surface area contributed by atoms with Crippen molar-refractivity contribution in [3.63, 3.8) is 0 Å². The van der Waals surface area contributed by atoms with Crippen LogP contribution in [0.25, 0.3) is 20.9 Å². The van der Waals surface area contributed by atoms with Gasteiger partial charge in [0.1, 0.15) is 33.2 Å². The molecule has 5 rings (SSSR count). The minimum atomic E-state index is -0.0450. The molecule has 2 aromatic heterocycles. The normalized spacial score (nSPS) is 13.8. The largest absolute Gasteiger partial charge is 0.497 e. The van der Waals surface area contributed by atoms with E-state index in [9.17, 15) is 4.79 Å². The predicted octanol–water partition coefficient (Wildman–Crippen LogP) is 4.14. The summed E-state index contributed by atoms with van der Waals surface area (Å²) in [6, 6.07) is 14.8. The van der Waals surface area contributed by atoms with Crippen molar-refractivity contribution in [1.29, 1.82) is 0 Å². The Bertz CT molecular complexity index is 1310. The van der Waals surface area contributed by atoms with Crippen molar-refractivity contribution in [3.05, 3.63) is 59.9 Å². The lowest BCUT2D eigenvalue weighted by atomic mass is 10.2. The first-order valence-corrected chi connectivity index (χ1v) is 12.0. The lowest BCUT2D eigenvalue weighted by Crippen LogP contribution is -2.50. The third-order valence-corrected chi connectivity index (χ3v) is 6.87. The third kappa shape index (κ3) is 4.76. The summed E-state index contributed by atoms with van der Waals surface area (Å²) < 4.78 is 10.9. The number of hydrogen-bond acceptors (Lipinski definition) is 8. The minimum absolute atomic E-state index is 0.00459. The van der Waals surface area contributed by atoms with E-state index in [0.717, 1.165) is 32.5 Å². The van der Waals surface area contributed by atoms with Gasteiger partial charge in [-0.25, -0.2) is 15.0 Å². The van der Waals surface area contributed by atoms with Crippen molar-refractivity contribution in [2.45, 2.75) is 0 Å². The van der Waals surface area contributed by atoms with E-state index in [1.54, 1.807) is 37.7 Å². The van der Waals surface area contributed by atoms with Crippen LogP contribution >= 0.6 is 22.9 Å². The highest BCUT2D eigenvalue weighted by molar-refractivity contribution is 7.21. The summed E-state index contributed by atoms with van der Waals surface area (Å²) in [4.78, 5) is 31.2. The Hall–Kier alpha value is -3.43. The van der Waals surface area contributed by atoms with Crippen LogP contribution in [0.5, 0.6) is 11.5 Å². The van der Waals surface area contributed by atoms with Crippen LogP contribution in [-0.2, 0) is 4.79 Å². The third-order valence-electron chi connectivity index (χ3n) is 5.60. The van der Waals surface area contributed by atoms with Gasteiger partial charge in [0.05, 0.1) is 7.11 Å². The molecule has 34 heavy (non-hydrogen) atoms. The van der Waals surface area contributed by atoms with Gasteiger partial charge in [-0.15, -0.1) is 0 Å². The second-order valence-corrected chi connectivity index (χ2v) is 9.13. The van der Waals surface area contributed by atoms with Crippen molar-refractivity contribution >= 4 is 45.0 Å². The number of thiazole rings is 1. The number of hydrogen-bond donors (Lipinski definition) is 0. The van der Waals surface area contributed by atoms with E-state index < -0.39 is 0 Å². The molecular weight excluding hydrogens is 474 g/mol. The van der Waals surface area contributed by atoms with E-state index in [1.165, 1.54) is 11.3 Å². The maximum atomic E-state index is 12.6. The summed E-state index contributed by atoms with van der Waals surface area (Å²) in [7, 11) is 1.65. The van der Waals surface area contributed by atoms with Crippen LogP contribution in [0.3, 0.4) is 0 Å². The number of aromatic nitrogens is 3. The number of carbonyl (C=O) groups is 1. The number of carbonyl (C=O) groups excluding carboxylic acids is 1. The number of methoxy groups -OCH3 is 1. The Morgan fingerprint density at radius 2 is 1.85 bits per heavy atom. The summed E-state index contributed by atoms with van der Waals surface area (Å²) in [6.07, 6.45) is 1.57. The van der Waals surface area contributed by atoms with Crippen molar-refractivity contribution in [2.75, 3.05) is 44.8 Å². The highest BCUT2D eigenvalue weighted by Crippen LogP contribution is 2.34. The van der Waals surface area contributed by atoms with E-state index >= 15 is 0 Å². The lowest BCUT2D eigenvalue weighted by Gasteiger charge is -2.35. The van der Waals surface area contributed by atoms with E-state index in [4.69, 9.17) is 26.1 Å². The van der Waals surface area contributed by atoms with Gasteiger partial charge in [0.2, 0.25) is 0 Å². The second-order valence-electron chi connectivity index (χ2n) is 7.71. The number of fused-ring (bicyclic) bond motifs is 1. The molecule has 0 saturated carbocycles. The molecule has 1 fully saturated rings. The number of rotatable bonds is 6. The summed E-state index contributed by atoms with van der Waals surface area (Å²) in [5.41, 5.74) is 1.75. The number of piperazine rings is 1. The summed E-state index contributed by atoms with van der Waals surface area (Å²) in [5.74, 6) is 2.15. The number of halogens is 1. The minimum Gasteiger partial charge on any atom is -0.497 e. The molecule has 8 nitrogen and oxygen atoms in total. The van der Waals surface area contributed by atoms with Crippen molar-refractivity contribution in [2.24, 2.45) is 0 Å². The van der Waals surface area contributed by atoms with Gasteiger partial charge >= 0.3 is 0 Å². The van der Waals surface area contributed by atoms with Crippen LogP contribution in [0.2, 0.25) is 5.02 Å². The number of ether oxygens (including phenoxy) is 2. The molecule has 1 aliphatic heterocycles. The Kier molecular flexibility index (Phi) is 6.46. The van der Waals surface area contributed by atoms with Gasteiger partial charge in [-0.2, -0.15) is 0 Å². The molecule has 0 N–H and O–H groups in total. The SMILES string of the molecule is COc1cccc(-c2nc3c(N4CCN(C(=O)COc5ccc(Cl)cc5)CC4)ncnc3s2)c1. The van der Waals surface area contributed by atoms with Gasteiger partial charge in [0, 0.05) is 36.8 Å². The topological polar surface area (TPSA) is 80.7 Å². The standard InChI is InChI=1S/C24H22ClN5O3S/c1-32-19-4-2-3-16(13-19)23-28-21-22(26-15-27-24(21)34-23)30-11-9-29(10-12-30)20(31)14-33-18-7-5-17(25)6-8-18/h2-8,13,15H,9-12,14H2,1H3. The Balaban J connectivity index is 1.26. The average Bonchev–Trinajstić information content (AvgIpc) is 3.33. The van der Waals surface area contributed by atoms with E-state index in [2.05, 4.69) is 14.9 Å². The first kappa shape index (κ1) is 22.4. The van der Waals surface area contributed by atoms with Crippen LogP contribution in [-0.4, -0.2) is 65.7 Å². The van der Waals surface area contributed by atoms with Crippen molar-refractivity contribution in [1.82, 2.24) is 19.9 Å². The van der Waals surface area contributed by atoms with Crippen LogP contribution in [0.1, 0.15) is 0 Å². The van der Waals surface area contributed by atoms with Crippen molar-refractivity contribution in [3.8, 4) is 22.1 Å². The monoisotopic (exact) mass is 495 g/mol. The number of amides is 1. The molecule has 1 amide bonds. The van der Waals surface area contributed by atoms with E-state index in [1.807, 2.05) is 29.2 Å². The maximum Gasteiger partial charge on any atom is 0.260 e. The average molecular weight is 496 g/mol. The van der Waals surface area contributed by atoms with Gasteiger partial charge in [0.15, 0.2) is 12.4 Å². The summed E-state index contributed by atoms with van der Waals surface area (Å²) in [5, 5.41) is 1.49. The first-order valence-electron chi connectivity index (χ1n) is 10.8. The van der Waals surface area contributed by atoms with Crippen LogP contribution in [0, 0.1) is 0 Å². The smallest absolute Gasteiger partial charge is 0.260 e. The molecule has 1 aliphatic rings. The van der Waals surface area contributed by atoms with Gasteiger partial charge in [-0.3, -0.25) is 4.79 Å². The summed E-state index contributed by atoms with van der Waals surface area (Å²) >= 11 is 7.41. The molecule has 4 aromatic rings.